The van der Waals surface area contributed by atoms with Gasteiger partial charge in [-0.2, -0.15) is 11.8 Å². The van der Waals surface area contributed by atoms with Crippen molar-refractivity contribution >= 4 is 23.4 Å². The van der Waals surface area contributed by atoms with Crippen molar-refractivity contribution in [1.82, 2.24) is 9.97 Å². The van der Waals surface area contributed by atoms with Gasteiger partial charge < -0.3 is 10.2 Å². The zero-order valence-electron chi connectivity index (χ0n) is 11.6. The van der Waals surface area contributed by atoms with E-state index in [-0.39, 0.29) is 0 Å². The monoisotopic (exact) mass is 266 g/mol. The van der Waals surface area contributed by atoms with Gasteiger partial charge >= 0.3 is 0 Å². The molecule has 0 radical (unpaired) electrons. The van der Waals surface area contributed by atoms with Crippen molar-refractivity contribution in [1.29, 1.82) is 0 Å². The van der Waals surface area contributed by atoms with Crippen molar-refractivity contribution in [2.24, 2.45) is 0 Å². The highest BCUT2D eigenvalue weighted by Crippen LogP contribution is 2.25. The number of hydrogen-bond acceptors (Lipinski definition) is 5. The van der Waals surface area contributed by atoms with Crippen LogP contribution in [0.2, 0.25) is 0 Å². The maximum Gasteiger partial charge on any atom is 0.135 e. The summed E-state index contributed by atoms with van der Waals surface area (Å²) < 4.78 is 0. The van der Waals surface area contributed by atoms with Gasteiger partial charge in [0.1, 0.15) is 17.5 Å². The average molecular weight is 266 g/mol. The summed E-state index contributed by atoms with van der Waals surface area (Å²) >= 11 is 2.02. The molecule has 0 spiro atoms. The Kier molecular flexibility index (Phi) is 4.32. The third-order valence-electron chi connectivity index (χ3n) is 3.16. The summed E-state index contributed by atoms with van der Waals surface area (Å²) in [5.41, 5.74) is 0. The van der Waals surface area contributed by atoms with Gasteiger partial charge in [0.2, 0.25) is 0 Å². The normalized spacial score (nSPS) is 20.3. The molecule has 1 aromatic rings. The number of hydrogen-bond donors (Lipinski definition) is 1. The zero-order valence-corrected chi connectivity index (χ0v) is 12.4. The lowest BCUT2D eigenvalue weighted by Gasteiger charge is -2.34. The molecule has 100 valence electrons. The minimum Gasteiger partial charge on any atom is -0.373 e. The first-order valence-electron chi connectivity index (χ1n) is 6.53. The van der Waals surface area contributed by atoms with E-state index in [0.717, 1.165) is 24.0 Å². The predicted molar refractivity (Wildman–Crippen MR) is 79.8 cm³/mol. The summed E-state index contributed by atoms with van der Waals surface area (Å²) in [5.74, 6) is 5.60. The first-order valence-corrected chi connectivity index (χ1v) is 7.68. The lowest BCUT2D eigenvalue weighted by molar-refractivity contribution is 0.678. The quantitative estimate of drug-likeness (QED) is 0.910. The Balaban J connectivity index is 2.33. The van der Waals surface area contributed by atoms with Crippen LogP contribution in [0.1, 0.15) is 32.5 Å². The second-order valence-electron chi connectivity index (χ2n) is 4.99. The zero-order chi connectivity index (χ0) is 13.1. The van der Waals surface area contributed by atoms with Crippen LogP contribution in [0.15, 0.2) is 6.07 Å². The third kappa shape index (κ3) is 2.88. The smallest absolute Gasteiger partial charge is 0.135 e. The van der Waals surface area contributed by atoms with E-state index in [0.29, 0.717) is 12.0 Å². The number of anilines is 2. The maximum absolute atomic E-state index is 4.72. The Bertz CT molecular complexity index is 408. The molecule has 5 heteroatoms. The van der Waals surface area contributed by atoms with Gasteiger partial charge in [0, 0.05) is 43.1 Å². The molecule has 0 bridgehead atoms. The molecule has 0 aromatic carbocycles. The fraction of sp³-hybridized carbons (Fsp3) is 0.692. The lowest BCUT2D eigenvalue weighted by Crippen LogP contribution is -2.41. The first-order chi connectivity index (χ1) is 8.61. The molecule has 1 atom stereocenters. The average Bonchev–Trinajstić information content (AvgIpc) is 2.38. The highest BCUT2D eigenvalue weighted by molar-refractivity contribution is 7.99. The van der Waals surface area contributed by atoms with Crippen LogP contribution >= 0.6 is 11.8 Å². The molecule has 1 unspecified atom stereocenters. The van der Waals surface area contributed by atoms with Crippen molar-refractivity contribution < 1.29 is 0 Å². The van der Waals surface area contributed by atoms with Gasteiger partial charge in [-0.05, 0) is 6.92 Å². The number of rotatable bonds is 3. The Morgan fingerprint density at radius 1 is 1.44 bits per heavy atom. The minimum atomic E-state index is 0.353. The van der Waals surface area contributed by atoms with Crippen LogP contribution in [-0.4, -0.2) is 41.1 Å². The van der Waals surface area contributed by atoms with Gasteiger partial charge in [0.25, 0.3) is 0 Å². The topological polar surface area (TPSA) is 41.0 Å². The predicted octanol–water partition coefficient (Wildman–Crippen LogP) is 2.58. The van der Waals surface area contributed by atoms with Crippen LogP contribution in [0, 0.1) is 0 Å². The Morgan fingerprint density at radius 2 is 2.22 bits per heavy atom. The third-order valence-corrected chi connectivity index (χ3v) is 4.35. The molecule has 0 saturated carbocycles. The van der Waals surface area contributed by atoms with Crippen molar-refractivity contribution in [3.8, 4) is 0 Å². The van der Waals surface area contributed by atoms with E-state index in [1.165, 1.54) is 11.5 Å². The maximum atomic E-state index is 4.72. The summed E-state index contributed by atoms with van der Waals surface area (Å²) in [6, 6.07) is 2.60. The fourth-order valence-electron chi connectivity index (χ4n) is 2.05. The van der Waals surface area contributed by atoms with Gasteiger partial charge in [-0.25, -0.2) is 9.97 Å². The van der Waals surface area contributed by atoms with Crippen LogP contribution in [0.5, 0.6) is 0 Å². The molecular weight excluding hydrogens is 244 g/mol. The molecule has 1 aromatic heterocycles. The summed E-state index contributed by atoms with van der Waals surface area (Å²) in [6.07, 6.45) is 0. The molecule has 0 amide bonds. The van der Waals surface area contributed by atoms with Crippen molar-refractivity contribution in [2.45, 2.75) is 32.7 Å². The van der Waals surface area contributed by atoms with E-state index < -0.39 is 0 Å². The van der Waals surface area contributed by atoms with E-state index in [1.54, 1.807) is 0 Å². The molecule has 1 aliphatic heterocycles. The Labute approximate surface area is 114 Å². The molecule has 0 aliphatic carbocycles. The van der Waals surface area contributed by atoms with Gasteiger partial charge in [0.15, 0.2) is 0 Å². The molecule has 1 aliphatic rings. The molecule has 1 fully saturated rings. The second-order valence-corrected chi connectivity index (χ2v) is 6.14. The van der Waals surface area contributed by atoms with E-state index in [2.05, 4.69) is 42.0 Å². The highest BCUT2D eigenvalue weighted by Gasteiger charge is 2.21. The number of aromatic nitrogens is 2. The summed E-state index contributed by atoms with van der Waals surface area (Å²) in [7, 11) is 1.91. The summed E-state index contributed by atoms with van der Waals surface area (Å²) in [6.45, 7) is 7.61. The van der Waals surface area contributed by atoms with E-state index in [1.807, 2.05) is 18.8 Å². The molecule has 2 rings (SSSR count). The van der Waals surface area contributed by atoms with Crippen LogP contribution in [-0.2, 0) is 0 Å². The molecule has 18 heavy (non-hydrogen) atoms. The lowest BCUT2D eigenvalue weighted by atomic mass is 10.2. The van der Waals surface area contributed by atoms with Crippen molar-refractivity contribution in [3.05, 3.63) is 11.9 Å². The van der Waals surface area contributed by atoms with Gasteiger partial charge in [-0.3, -0.25) is 0 Å². The van der Waals surface area contributed by atoms with Crippen LogP contribution in [0.25, 0.3) is 0 Å². The minimum absolute atomic E-state index is 0.353. The van der Waals surface area contributed by atoms with Crippen molar-refractivity contribution in [3.63, 3.8) is 0 Å². The largest absolute Gasteiger partial charge is 0.373 e. The second kappa shape index (κ2) is 5.78. The van der Waals surface area contributed by atoms with E-state index >= 15 is 0 Å². The van der Waals surface area contributed by atoms with Gasteiger partial charge in [0.05, 0.1) is 0 Å². The van der Waals surface area contributed by atoms with E-state index in [9.17, 15) is 0 Å². The molecule has 1 saturated heterocycles. The molecule has 4 nitrogen and oxygen atoms in total. The van der Waals surface area contributed by atoms with Crippen LogP contribution in [0.3, 0.4) is 0 Å². The molecular formula is C13H22N4S. The SMILES string of the molecule is CNc1cc(N2CCSCC2C)nc(C(C)C)n1. The fourth-order valence-corrected chi connectivity index (χ4v) is 3.07. The van der Waals surface area contributed by atoms with E-state index in [4.69, 9.17) is 4.98 Å². The first kappa shape index (κ1) is 13.5. The number of thioether (sulfide) groups is 1. The van der Waals surface area contributed by atoms with Gasteiger partial charge in [-0.1, -0.05) is 13.8 Å². The summed E-state index contributed by atoms with van der Waals surface area (Å²) in [5, 5.41) is 3.13. The van der Waals surface area contributed by atoms with Crippen molar-refractivity contribution in [2.75, 3.05) is 35.3 Å². The number of nitrogens with zero attached hydrogens (tertiary/aromatic N) is 3. The Hall–Kier alpha value is -0.970. The highest BCUT2D eigenvalue weighted by atomic mass is 32.2. The summed E-state index contributed by atoms with van der Waals surface area (Å²) in [4.78, 5) is 11.6. The Morgan fingerprint density at radius 3 is 2.83 bits per heavy atom. The van der Waals surface area contributed by atoms with Crippen LogP contribution < -0.4 is 10.2 Å². The van der Waals surface area contributed by atoms with Crippen LogP contribution in [0.4, 0.5) is 11.6 Å². The standard InChI is InChI=1S/C13H22N4S/c1-9(2)13-15-11(14-4)7-12(16-13)17-5-6-18-8-10(17)3/h7,9-10H,5-6,8H2,1-4H3,(H,14,15,16). The molecule has 1 N–H and O–H groups in total. The number of nitrogens with one attached hydrogen (secondary N) is 1. The molecule has 2 heterocycles. The van der Waals surface area contributed by atoms with Gasteiger partial charge in [-0.15, -0.1) is 0 Å².